The van der Waals surface area contributed by atoms with Gasteiger partial charge in [-0.15, -0.1) is 0 Å². The van der Waals surface area contributed by atoms with Crippen LogP contribution in [-0.2, 0) is 16.1 Å². The average Bonchev–Trinajstić information content (AvgIpc) is 2.60. The van der Waals surface area contributed by atoms with Gasteiger partial charge in [0.2, 0.25) is 11.8 Å². The van der Waals surface area contributed by atoms with Gasteiger partial charge in [0.25, 0.3) is 0 Å². The number of nitriles is 1. The Hall–Kier alpha value is -3.39. The highest BCUT2D eigenvalue weighted by molar-refractivity contribution is 6.01. The van der Waals surface area contributed by atoms with Gasteiger partial charge in [-0.25, -0.2) is 0 Å². The monoisotopic (exact) mass is 319 g/mol. The number of hydrogen-bond donors (Lipinski definition) is 2. The van der Waals surface area contributed by atoms with Crippen molar-refractivity contribution in [3.8, 4) is 6.07 Å². The molecule has 0 heterocycles. The van der Waals surface area contributed by atoms with Crippen LogP contribution < -0.4 is 10.6 Å². The Bertz CT molecular complexity index is 777. The molecule has 0 aromatic heterocycles. The predicted octanol–water partition coefficient (Wildman–Crippen LogP) is 2.87. The van der Waals surface area contributed by atoms with Gasteiger partial charge >= 0.3 is 0 Å². The molecule has 2 aromatic rings. The lowest BCUT2D eigenvalue weighted by molar-refractivity contribution is -0.120. The second kappa shape index (κ2) is 8.91. The average molecular weight is 319 g/mol. The first-order valence-corrected chi connectivity index (χ1v) is 7.44. The van der Waals surface area contributed by atoms with Crippen molar-refractivity contribution in [1.29, 1.82) is 5.26 Å². The first-order valence-electron chi connectivity index (χ1n) is 7.44. The summed E-state index contributed by atoms with van der Waals surface area (Å²) >= 11 is 0. The molecule has 2 rings (SSSR count). The Labute approximate surface area is 140 Å². The molecule has 120 valence electrons. The van der Waals surface area contributed by atoms with Gasteiger partial charge < -0.3 is 10.6 Å². The zero-order chi connectivity index (χ0) is 17.2. The molecule has 0 bridgehead atoms. The molecule has 0 atom stereocenters. The molecule has 0 aliphatic rings. The van der Waals surface area contributed by atoms with E-state index in [1.807, 2.05) is 36.4 Å². The van der Waals surface area contributed by atoms with E-state index < -0.39 is 0 Å². The van der Waals surface area contributed by atoms with Crippen molar-refractivity contribution in [3.05, 3.63) is 71.8 Å². The van der Waals surface area contributed by atoms with E-state index in [9.17, 15) is 9.59 Å². The number of nitrogens with one attached hydrogen (secondary N) is 2. The third-order valence-electron chi connectivity index (χ3n) is 3.15. The number of hydrogen-bond acceptors (Lipinski definition) is 3. The van der Waals surface area contributed by atoms with E-state index in [4.69, 9.17) is 5.26 Å². The van der Waals surface area contributed by atoms with Gasteiger partial charge in [0, 0.05) is 18.3 Å². The Morgan fingerprint density at radius 2 is 1.88 bits per heavy atom. The van der Waals surface area contributed by atoms with Crippen LogP contribution in [0.3, 0.4) is 0 Å². The van der Waals surface area contributed by atoms with Crippen LogP contribution >= 0.6 is 0 Å². The van der Waals surface area contributed by atoms with Crippen LogP contribution in [0.25, 0.3) is 6.08 Å². The number of anilines is 1. The topological polar surface area (TPSA) is 82.0 Å². The number of carbonyl (C=O) groups is 2. The highest BCUT2D eigenvalue weighted by atomic mass is 16.2. The standard InChI is InChI=1S/C19H17N3O2/c20-12-11-18(23)21-14-16-7-4-8-17(13-16)22-19(24)10-9-15-5-2-1-3-6-15/h1-10,13H,11,14H2,(H,21,23)(H,22,24)/b10-9+. The summed E-state index contributed by atoms with van der Waals surface area (Å²) in [5, 5.41) is 13.9. The summed E-state index contributed by atoms with van der Waals surface area (Å²) in [4.78, 5) is 23.2. The van der Waals surface area contributed by atoms with Crippen molar-refractivity contribution in [3.63, 3.8) is 0 Å². The van der Waals surface area contributed by atoms with Crippen LogP contribution in [-0.4, -0.2) is 11.8 Å². The van der Waals surface area contributed by atoms with Crippen molar-refractivity contribution in [1.82, 2.24) is 5.32 Å². The molecular formula is C19H17N3O2. The molecule has 2 amide bonds. The molecule has 5 nitrogen and oxygen atoms in total. The van der Waals surface area contributed by atoms with E-state index in [0.29, 0.717) is 12.2 Å². The molecule has 2 aromatic carbocycles. The minimum absolute atomic E-state index is 0.166. The van der Waals surface area contributed by atoms with Gasteiger partial charge in [-0.3, -0.25) is 9.59 Å². The smallest absolute Gasteiger partial charge is 0.248 e. The third kappa shape index (κ3) is 5.78. The van der Waals surface area contributed by atoms with Gasteiger partial charge in [0.05, 0.1) is 6.07 Å². The Morgan fingerprint density at radius 3 is 2.62 bits per heavy atom. The van der Waals surface area contributed by atoms with Crippen molar-refractivity contribution in [2.24, 2.45) is 0 Å². The molecule has 2 N–H and O–H groups in total. The second-order valence-corrected chi connectivity index (χ2v) is 5.05. The fourth-order valence-corrected chi connectivity index (χ4v) is 2.01. The lowest BCUT2D eigenvalue weighted by Crippen LogP contribution is -2.21. The van der Waals surface area contributed by atoms with Crippen LogP contribution in [0.4, 0.5) is 5.69 Å². The van der Waals surface area contributed by atoms with Crippen molar-refractivity contribution in [2.45, 2.75) is 13.0 Å². The van der Waals surface area contributed by atoms with Gasteiger partial charge in [-0.1, -0.05) is 42.5 Å². The van der Waals surface area contributed by atoms with E-state index in [0.717, 1.165) is 11.1 Å². The summed E-state index contributed by atoms with van der Waals surface area (Å²) in [7, 11) is 0. The third-order valence-corrected chi connectivity index (χ3v) is 3.15. The predicted molar refractivity (Wildman–Crippen MR) is 92.6 cm³/mol. The molecule has 0 aliphatic heterocycles. The number of rotatable bonds is 6. The molecule has 24 heavy (non-hydrogen) atoms. The summed E-state index contributed by atoms with van der Waals surface area (Å²) in [6.45, 7) is 0.310. The molecular weight excluding hydrogens is 302 g/mol. The summed E-state index contributed by atoms with van der Waals surface area (Å²) in [5.41, 5.74) is 2.43. The van der Waals surface area contributed by atoms with E-state index in [2.05, 4.69) is 10.6 Å². The minimum atomic E-state index is -0.322. The number of nitrogens with zero attached hydrogens (tertiary/aromatic N) is 1. The minimum Gasteiger partial charge on any atom is -0.351 e. The first kappa shape index (κ1) is 17.0. The molecule has 5 heteroatoms. The molecule has 0 spiro atoms. The zero-order valence-electron chi connectivity index (χ0n) is 13.0. The summed E-state index contributed by atoms with van der Waals surface area (Å²) in [5.74, 6) is -0.553. The number of amides is 2. The molecule has 0 unspecified atom stereocenters. The zero-order valence-corrected chi connectivity index (χ0v) is 13.0. The maximum absolute atomic E-state index is 11.9. The summed E-state index contributed by atoms with van der Waals surface area (Å²) in [6.07, 6.45) is 3.04. The van der Waals surface area contributed by atoms with E-state index in [1.165, 1.54) is 6.08 Å². The number of carbonyl (C=O) groups excluding carboxylic acids is 2. The van der Waals surface area contributed by atoms with E-state index >= 15 is 0 Å². The maximum Gasteiger partial charge on any atom is 0.248 e. The van der Waals surface area contributed by atoms with Gasteiger partial charge in [-0.05, 0) is 29.3 Å². The van der Waals surface area contributed by atoms with Crippen molar-refractivity contribution in [2.75, 3.05) is 5.32 Å². The van der Waals surface area contributed by atoms with Crippen LogP contribution in [0.2, 0.25) is 0 Å². The van der Waals surface area contributed by atoms with Gasteiger partial charge in [-0.2, -0.15) is 5.26 Å². The fraction of sp³-hybridized carbons (Fsp3) is 0.105. The van der Waals surface area contributed by atoms with Crippen LogP contribution in [0, 0.1) is 11.3 Å². The van der Waals surface area contributed by atoms with Crippen molar-refractivity contribution < 1.29 is 9.59 Å². The largest absolute Gasteiger partial charge is 0.351 e. The highest BCUT2D eigenvalue weighted by Crippen LogP contribution is 2.11. The summed E-state index contributed by atoms with van der Waals surface area (Å²) < 4.78 is 0. The molecule has 0 saturated carbocycles. The second-order valence-electron chi connectivity index (χ2n) is 5.05. The van der Waals surface area contributed by atoms with Gasteiger partial charge in [0.15, 0.2) is 0 Å². The van der Waals surface area contributed by atoms with Crippen LogP contribution in [0.15, 0.2) is 60.7 Å². The van der Waals surface area contributed by atoms with Crippen LogP contribution in [0.5, 0.6) is 0 Å². The summed E-state index contributed by atoms with van der Waals surface area (Å²) in [6, 6.07) is 18.5. The highest BCUT2D eigenvalue weighted by Gasteiger charge is 2.02. The Morgan fingerprint density at radius 1 is 1.08 bits per heavy atom. The SMILES string of the molecule is N#CCC(=O)NCc1cccc(NC(=O)/C=C/c2ccccc2)c1. The fourth-order valence-electron chi connectivity index (χ4n) is 2.01. The van der Waals surface area contributed by atoms with Crippen LogP contribution in [0.1, 0.15) is 17.5 Å². The Balaban J connectivity index is 1.91. The molecule has 0 aliphatic carbocycles. The molecule has 0 saturated heterocycles. The van der Waals surface area contributed by atoms with Crippen molar-refractivity contribution >= 4 is 23.6 Å². The van der Waals surface area contributed by atoms with Gasteiger partial charge in [0.1, 0.15) is 6.42 Å². The van der Waals surface area contributed by atoms with E-state index in [-0.39, 0.29) is 18.2 Å². The lowest BCUT2D eigenvalue weighted by atomic mass is 10.2. The Kier molecular flexibility index (Phi) is 6.30. The maximum atomic E-state index is 11.9. The quantitative estimate of drug-likeness (QED) is 0.803. The lowest BCUT2D eigenvalue weighted by Gasteiger charge is -2.07. The normalized spacial score (nSPS) is 10.1. The molecule has 0 radical (unpaired) electrons. The number of benzene rings is 2. The van der Waals surface area contributed by atoms with E-state index in [1.54, 1.807) is 30.3 Å². The first-order chi connectivity index (χ1) is 11.7. The molecule has 0 fully saturated rings.